The molecule has 1 unspecified atom stereocenters. The Balaban J connectivity index is 2.72. The topological polar surface area (TPSA) is 46.6 Å². The van der Waals surface area contributed by atoms with Crippen molar-refractivity contribution in [3.05, 3.63) is 0 Å². The maximum Gasteiger partial charge on any atom is 0.410 e. The molecule has 20 heavy (non-hydrogen) atoms. The molecule has 1 aliphatic rings. The van der Waals surface area contributed by atoms with Gasteiger partial charge in [-0.2, -0.15) is 0 Å². The van der Waals surface area contributed by atoms with Gasteiger partial charge in [-0.25, -0.2) is 4.79 Å². The van der Waals surface area contributed by atoms with Crippen molar-refractivity contribution in [1.82, 2.24) is 4.90 Å². The first-order valence-electron chi connectivity index (χ1n) is 7.53. The van der Waals surface area contributed by atoms with Crippen molar-refractivity contribution in [2.45, 2.75) is 78.9 Å². The highest BCUT2D eigenvalue weighted by atomic mass is 16.6. The molecule has 0 N–H and O–H groups in total. The maximum absolute atomic E-state index is 12.2. The van der Waals surface area contributed by atoms with Crippen LogP contribution in [-0.4, -0.2) is 35.0 Å². The van der Waals surface area contributed by atoms with Crippen LogP contribution in [0, 0.1) is 5.41 Å². The van der Waals surface area contributed by atoms with Gasteiger partial charge < -0.3 is 9.64 Å². The van der Waals surface area contributed by atoms with Gasteiger partial charge in [0, 0.05) is 24.4 Å². The Labute approximate surface area is 122 Å². The molecule has 0 aromatic heterocycles. The number of Topliss-reactive ketones (excluding diaryl/α,β-unsaturated/α-hetero) is 1. The monoisotopic (exact) mass is 283 g/mol. The summed E-state index contributed by atoms with van der Waals surface area (Å²) in [5.74, 6) is 0.206. The summed E-state index contributed by atoms with van der Waals surface area (Å²) in [5.41, 5.74) is -0.843. The molecule has 1 fully saturated rings. The molecule has 1 heterocycles. The summed E-state index contributed by atoms with van der Waals surface area (Å²) in [7, 11) is 0. The fourth-order valence-corrected chi connectivity index (χ4v) is 2.29. The fourth-order valence-electron chi connectivity index (χ4n) is 2.29. The summed E-state index contributed by atoms with van der Waals surface area (Å²) in [5, 5.41) is 0. The summed E-state index contributed by atoms with van der Waals surface area (Å²) < 4.78 is 5.45. The van der Waals surface area contributed by atoms with Crippen LogP contribution in [0.4, 0.5) is 4.79 Å². The minimum Gasteiger partial charge on any atom is -0.444 e. The van der Waals surface area contributed by atoms with Gasteiger partial charge in [0.2, 0.25) is 0 Å². The van der Waals surface area contributed by atoms with Crippen LogP contribution in [0.25, 0.3) is 0 Å². The molecule has 0 bridgehead atoms. The lowest BCUT2D eigenvalue weighted by molar-refractivity contribution is -0.127. The minimum atomic E-state index is -0.493. The summed E-state index contributed by atoms with van der Waals surface area (Å²) in [4.78, 5) is 26.2. The third-order valence-corrected chi connectivity index (χ3v) is 3.51. The highest BCUT2D eigenvalue weighted by molar-refractivity contribution is 5.84. The van der Waals surface area contributed by atoms with Gasteiger partial charge in [0.25, 0.3) is 0 Å². The first-order chi connectivity index (χ1) is 9.00. The predicted molar refractivity (Wildman–Crippen MR) is 79.7 cm³/mol. The number of ketones is 1. The normalized spacial score (nSPS) is 20.7. The molecule has 0 aromatic carbocycles. The molecule has 1 aliphatic heterocycles. The van der Waals surface area contributed by atoms with Crippen LogP contribution >= 0.6 is 0 Å². The second kappa shape index (κ2) is 6.15. The summed E-state index contributed by atoms with van der Waals surface area (Å²) in [6, 6.07) is -0.00896. The van der Waals surface area contributed by atoms with Gasteiger partial charge in [-0.1, -0.05) is 20.8 Å². The minimum absolute atomic E-state index is 0.00896. The van der Waals surface area contributed by atoms with Gasteiger partial charge in [-0.05, 0) is 40.0 Å². The van der Waals surface area contributed by atoms with Crippen LogP contribution in [-0.2, 0) is 9.53 Å². The average molecular weight is 283 g/mol. The molecule has 0 saturated carbocycles. The number of hydrogen-bond donors (Lipinski definition) is 0. The first kappa shape index (κ1) is 17.0. The highest BCUT2D eigenvalue weighted by Gasteiger charge is 2.33. The predicted octanol–water partition coefficient (Wildman–Crippen LogP) is 3.78. The second-order valence-corrected chi connectivity index (χ2v) is 7.70. The van der Waals surface area contributed by atoms with E-state index in [0.29, 0.717) is 13.0 Å². The molecule has 0 radical (unpaired) electrons. The van der Waals surface area contributed by atoms with Gasteiger partial charge in [0.1, 0.15) is 11.4 Å². The van der Waals surface area contributed by atoms with E-state index >= 15 is 0 Å². The van der Waals surface area contributed by atoms with Crippen LogP contribution in [0.15, 0.2) is 0 Å². The number of carbonyl (C=O) groups is 2. The van der Waals surface area contributed by atoms with E-state index in [-0.39, 0.29) is 23.3 Å². The lowest BCUT2D eigenvalue weighted by Gasteiger charge is -2.37. The van der Waals surface area contributed by atoms with Gasteiger partial charge >= 0.3 is 6.09 Å². The van der Waals surface area contributed by atoms with Gasteiger partial charge in [-0.15, -0.1) is 0 Å². The van der Waals surface area contributed by atoms with Gasteiger partial charge in [0.05, 0.1) is 0 Å². The van der Waals surface area contributed by atoms with E-state index in [2.05, 4.69) is 0 Å². The van der Waals surface area contributed by atoms with Crippen molar-refractivity contribution in [1.29, 1.82) is 0 Å². The number of hydrogen-bond acceptors (Lipinski definition) is 3. The SMILES string of the molecule is CC(C)(C)OC(=O)N1CCCCC1CC(=O)C(C)(C)C. The molecule has 0 aromatic rings. The Morgan fingerprint density at radius 1 is 1.10 bits per heavy atom. The number of rotatable bonds is 2. The van der Waals surface area contributed by atoms with E-state index in [4.69, 9.17) is 4.74 Å². The summed E-state index contributed by atoms with van der Waals surface area (Å²) >= 11 is 0. The van der Waals surface area contributed by atoms with E-state index in [1.807, 2.05) is 41.5 Å². The maximum atomic E-state index is 12.2. The quantitative estimate of drug-likeness (QED) is 0.774. The van der Waals surface area contributed by atoms with Crippen molar-refractivity contribution >= 4 is 11.9 Å². The molecule has 1 rings (SSSR count). The first-order valence-corrected chi connectivity index (χ1v) is 7.53. The van der Waals surface area contributed by atoms with Crippen LogP contribution in [0.2, 0.25) is 0 Å². The molecule has 0 aliphatic carbocycles. The fraction of sp³-hybridized carbons (Fsp3) is 0.875. The van der Waals surface area contributed by atoms with Crippen molar-refractivity contribution in [2.24, 2.45) is 5.41 Å². The second-order valence-electron chi connectivity index (χ2n) is 7.70. The zero-order valence-corrected chi connectivity index (χ0v) is 13.8. The number of likely N-dealkylation sites (tertiary alicyclic amines) is 1. The van der Waals surface area contributed by atoms with Crippen LogP contribution in [0.1, 0.15) is 67.2 Å². The summed E-state index contributed by atoms with van der Waals surface area (Å²) in [6.07, 6.45) is 3.09. The van der Waals surface area contributed by atoms with Crippen molar-refractivity contribution in [3.8, 4) is 0 Å². The summed E-state index contributed by atoms with van der Waals surface area (Å²) in [6.45, 7) is 12.1. The Bertz CT molecular complexity index is 363. The van der Waals surface area contributed by atoms with Crippen LogP contribution in [0.3, 0.4) is 0 Å². The zero-order chi connectivity index (χ0) is 15.6. The highest BCUT2D eigenvalue weighted by Crippen LogP contribution is 2.26. The van der Waals surface area contributed by atoms with Gasteiger partial charge in [-0.3, -0.25) is 4.79 Å². The molecule has 1 atom stereocenters. The Morgan fingerprint density at radius 2 is 1.70 bits per heavy atom. The van der Waals surface area contributed by atoms with Crippen LogP contribution < -0.4 is 0 Å². The smallest absolute Gasteiger partial charge is 0.410 e. The molecule has 1 amide bonds. The Hall–Kier alpha value is -1.06. The number of piperidine rings is 1. The lowest BCUT2D eigenvalue weighted by Crippen LogP contribution is -2.47. The number of amides is 1. The third kappa shape index (κ3) is 5.14. The Kier molecular flexibility index (Phi) is 5.22. The van der Waals surface area contributed by atoms with Crippen molar-refractivity contribution in [3.63, 3.8) is 0 Å². The van der Waals surface area contributed by atoms with Crippen molar-refractivity contribution < 1.29 is 14.3 Å². The lowest BCUT2D eigenvalue weighted by atomic mass is 9.85. The molecule has 4 heteroatoms. The zero-order valence-electron chi connectivity index (χ0n) is 13.8. The molecule has 116 valence electrons. The Morgan fingerprint density at radius 3 is 2.20 bits per heavy atom. The van der Waals surface area contributed by atoms with Gasteiger partial charge in [0.15, 0.2) is 0 Å². The van der Waals surface area contributed by atoms with E-state index in [0.717, 1.165) is 19.3 Å². The molecule has 4 nitrogen and oxygen atoms in total. The number of ether oxygens (including phenoxy) is 1. The molecule has 0 spiro atoms. The van der Waals surface area contributed by atoms with E-state index in [9.17, 15) is 9.59 Å². The third-order valence-electron chi connectivity index (χ3n) is 3.51. The number of carbonyl (C=O) groups excluding carboxylic acids is 2. The van der Waals surface area contributed by atoms with Crippen molar-refractivity contribution in [2.75, 3.05) is 6.54 Å². The molecule has 1 saturated heterocycles. The average Bonchev–Trinajstić information content (AvgIpc) is 2.25. The van der Waals surface area contributed by atoms with E-state index in [1.165, 1.54) is 0 Å². The standard InChI is InChI=1S/C16H29NO3/c1-15(2,3)13(18)11-12-9-7-8-10-17(12)14(19)20-16(4,5)6/h12H,7-11H2,1-6H3. The van der Waals surface area contributed by atoms with E-state index < -0.39 is 5.60 Å². The molecular formula is C16H29NO3. The molecular weight excluding hydrogens is 254 g/mol. The number of nitrogens with zero attached hydrogens (tertiary/aromatic N) is 1. The van der Waals surface area contributed by atoms with Crippen LogP contribution in [0.5, 0.6) is 0 Å². The largest absolute Gasteiger partial charge is 0.444 e. The van der Waals surface area contributed by atoms with E-state index in [1.54, 1.807) is 4.90 Å².